The van der Waals surface area contributed by atoms with Gasteiger partial charge < -0.3 is 25.1 Å². The summed E-state index contributed by atoms with van der Waals surface area (Å²) in [6.07, 6.45) is 1.73. The van der Waals surface area contributed by atoms with Gasteiger partial charge in [0.2, 0.25) is 0 Å². The van der Waals surface area contributed by atoms with Gasteiger partial charge in [-0.1, -0.05) is 35.0 Å². The fraction of sp³-hybridized carbons (Fsp3) is 0.258. The molecule has 3 heterocycles. The molecule has 13 heteroatoms. The molecule has 2 aliphatic rings. The fourth-order valence-corrected chi connectivity index (χ4v) is 5.93. The molecule has 2 amide bonds. The van der Waals surface area contributed by atoms with E-state index in [-0.39, 0.29) is 28.5 Å². The summed E-state index contributed by atoms with van der Waals surface area (Å²) in [4.78, 5) is 45.6. The van der Waals surface area contributed by atoms with E-state index in [0.29, 0.717) is 17.7 Å². The number of likely N-dealkylation sites (N-methyl/N-ethyl adjacent to an activating group) is 1. The number of anilines is 2. The first-order valence-electron chi connectivity index (χ1n) is 14.1. The SMILES string of the molecule is CN1CCN(c2cccc3c2CCN(C(=O)c2cnnn2-c2cccc(Cl)c2F)C3C(=O)Nc2ccc(C(=O)O)cc2)CC1. The second kappa shape index (κ2) is 12.1. The Balaban J connectivity index is 1.39. The molecule has 0 spiro atoms. The van der Waals surface area contributed by atoms with Crippen LogP contribution < -0.4 is 10.2 Å². The molecular formula is C31H29ClFN7O4. The molecule has 11 nitrogen and oxygen atoms in total. The van der Waals surface area contributed by atoms with Crippen molar-refractivity contribution in [3.05, 3.63) is 100 Å². The van der Waals surface area contributed by atoms with E-state index in [1.165, 1.54) is 47.5 Å². The number of fused-ring (bicyclic) bond motifs is 1. The Labute approximate surface area is 257 Å². The molecule has 2 N–H and O–H groups in total. The van der Waals surface area contributed by atoms with E-state index in [0.717, 1.165) is 42.1 Å². The minimum Gasteiger partial charge on any atom is -0.478 e. The molecule has 0 bridgehead atoms. The Morgan fingerprint density at radius 2 is 1.66 bits per heavy atom. The van der Waals surface area contributed by atoms with E-state index in [2.05, 4.69) is 32.5 Å². The number of carboxylic acids is 1. The summed E-state index contributed by atoms with van der Waals surface area (Å²) in [5, 5.41) is 19.8. The highest BCUT2D eigenvalue weighted by Crippen LogP contribution is 2.38. The minimum absolute atomic E-state index is 0.0338. The Morgan fingerprint density at radius 3 is 2.39 bits per heavy atom. The van der Waals surface area contributed by atoms with Crippen LogP contribution >= 0.6 is 11.6 Å². The number of amides is 2. The van der Waals surface area contributed by atoms with Crippen molar-refractivity contribution in [2.75, 3.05) is 50.0 Å². The number of halogens is 2. The molecule has 226 valence electrons. The quantitative estimate of drug-likeness (QED) is 0.334. The van der Waals surface area contributed by atoms with Gasteiger partial charge in [0.05, 0.1) is 16.8 Å². The van der Waals surface area contributed by atoms with E-state index in [9.17, 15) is 23.9 Å². The fourth-order valence-electron chi connectivity index (χ4n) is 5.76. The van der Waals surface area contributed by atoms with Gasteiger partial charge in [-0.2, -0.15) is 0 Å². The number of aromatic nitrogens is 3. The predicted molar refractivity (Wildman–Crippen MR) is 162 cm³/mol. The van der Waals surface area contributed by atoms with Crippen LogP contribution in [0.4, 0.5) is 15.8 Å². The summed E-state index contributed by atoms with van der Waals surface area (Å²) in [5.74, 6) is -2.88. The van der Waals surface area contributed by atoms with Crippen LogP contribution in [-0.2, 0) is 11.2 Å². The molecule has 2 aliphatic heterocycles. The molecule has 0 radical (unpaired) electrons. The third kappa shape index (κ3) is 5.49. The molecule has 1 fully saturated rings. The average molecular weight is 618 g/mol. The van der Waals surface area contributed by atoms with E-state index in [4.69, 9.17) is 11.6 Å². The maximum Gasteiger partial charge on any atom is 0.335 e. The molecule has 0 saturated carbocycles. The second-order valence-corrected chi connectivity index (χ2v) is 11.2. The van der Waals surface area contributed by atoms with Gasteiger partial charge in [-0.25, -0.2) is 13.9 Å². The first-order valence-corrected chi connectivity index (χ1v) is 14.5. The van der Waals surface area contributed by atoms with Crippen LogP contribution in [0.2, 0.25) is 5.02 Å². The lowest BCUT2D eigenvalue weighted by atomic mass is 9.89. The highest BCUT2D eigenvalue weighted by Gasteiger charge is 2.39. The Morgan fingerprint density at radius 1 is 0.955 bits per heavy atom. The number of nitrogens with zero attached hydrogens (tertiary/aromatic N) is 6. The summed E-state index contributed by atoms with van der Waals surface area (Å²) in [6, 6.07) is 14.9. The predicted octanol–water partition coefficient (Wildman–Crippen LogP) is 3.89. The maximum atomic E-state index is 15.0. The molecule has 0 aliphatic carbocycles. The van der Waals surface area contributed by atoms with Gasteiger partial charge in [-0.15, -0.1) is 5.10 Å². The molecule has 1 unspecified atom stereocenters. The number of piperazine rings is 1. The Kier molecular flexibility index (Phi) is 8.02. The number of nitrogens with one attached hydrogen (secondary N) is 1. The Bertz CT molecular complexity index is 1740. The molecule has 6 rings (SSSR count). The highest BCUT2D eigenvalue weighted by atomic mass is 35.5. The number of hydrogen-bond donors (Lipinski definition) is 2. The van der Waals surface area contributed by atoms with Crippen LogP contribution in [0, 0.1) is 5.82 Å². The van der Waals surface area contributed by atoms with Crippen molar-refractivity contribution in [3.8, 4) is 5.69 Å². The van der Waals surface area contributed by atoms with Gasteiger partial charge in [-0.3, -0.25) is 9.59 Å². The van der Waals surface area contributed by atoms with Crippen LogP contribution in [0.1, 0.15) is 38.0 Å². The number of benzene rings is 3. The largest absolute Gasteiger partial charge is 0.478 e. The Hall–Kier alpha value is -4.81. The van der Waals surface area contributed by atoms with Gasteiger partial charge in [0.15, 0.2) is 11.5 Å². The molecular weight excluding hydrogens is 589 g/mol. The number of carboxylic acid groups (broad SMARTS) is 1. The lowest BCUT2D eigenvalue weighted by molar-refractivity contribution is -0.121. The average Bonchev–Trinajstić information content (AvgIpc) is 3.51. The zero-order valence-corrected chi connectivity index (χ0v) is 24.5. The summed E-state index contributed by atoms with van der Waals surface area (Å²) in [5.41, 5.74) is 3.06. The van der Waals surface area contributed by atoms with Crippen molar-refractivity contribution in [2.45, 2.75) is 12.5 Å². The summed E-state index contributed by atoms with van der Waals surface area (Å²) < 4.78 is 16.0. The molecule has 1 atom stereocenters. The van der Waals surface area contributed by atoms with Gasteiger partial charge in [0.1, 0.15) is 11.7 Å². The number of carbonyl (C=O) groups is 3. The van der Waals surface area contributed by atoms with Crippen molar-refractivity contribution in [1.82, 2.24) is 24.8 Å². The number of aromatic carboxylic acids is 1. The topological polar surface area (TPSA) is 124 Å². The minimum atomic E-state index is -1.08. The summed E-state index contributed by atoms with van der Waals surface area (Å²) >= 11 is 6.00. The van der Waals surface area contributed by atoms with E-state index in [1.54, 1.807) is 6.07 Å². The lowest BCUT2D eigenvalue weighted by Gasteiger charge is -2.40. The molecule has 44 heavy (non-hydrogen) atoms. The van der Waals surface area contributed by atoms with Crippen LogP contribution in [0.25, 0.3) is 5.69 Å². The molecule has 4 aromatic rings. The molecule has 3 aromatic carbocycles. The highest BCUT2D eigenvalue weighted by molar-refractivity contribution is 6.30. The number of hydrogen-bond acceptors (Lipinski definition) is 7. The van der Waals surface area contributed by atoms with E-state index < -0.39 is 29.6 Å². The molecule has 1 saturated heterocycles. The molecule has 1 aromatic heterocycles. The summed E-state index contributed by atoms with van der Waals surface area (Å²) in [7, 11) is 2.08. The monoisotopic (exact) mass is 617 g/mol. The van der Waals surface area contributed by atoms with Crippen LogP contribution in [0.3, 0.4) is 0 Å². The van der Waals surface area contributed by atoms with Crippen molar-refractivity contribution >= 4 is 40.8 Å². The van der Waals surface area contributed by atoms with Crippen molar-refractivity contribution < 1.29 is 23.9 Å². The van der Waals surface area contributed by atoms with Gasteiger partial charge >= 0.3 is 5.97 Å². The zero-order valence-electron chi connectivity index (χ0n) is 23.8. The smallest absolute Gasteiger partial charge is 0.335 e. The number of rotatable bonds is 6. The van der Waals surface area contributed by atoms with Gasteiger partial charge in [0.25, 0.3) is 11.8 Å². The lowest BCUT2D eigenvalue weighted by Crippen LogP contribution is -2.48. The third-order valence-electron chi connectivity index (χ3n) is 8.08. The van der Waals surface area contributed by atoms with Crippen LogP contribution in [0.15, 0.2) is 66.9 Å². The van der Waals surface area contributed by atoms with Crippen molar-refractivity contribution in [3.63, 3.8) is 0 Å². The van der Waals surface area contributed by atoms with Gasteiger partial charge in [0, 0.05) is 44.1 Å². The van der Waals surface area contributed by atoms with Crippen LogP contribution in [0.5, 0.6) is 0 Å². The van der Waals surface area contributed by atoms with E-state index in [1.807, 2.05) is 18.2 Å². The zero-order chi connectivity index (χ0) is 31.0. The normalized spacial score (nSPS) is 16.8. The van der Waals surface area contributed by atoms with Crippen molar-refractivity contribution in [2.24, 2.45) is 0 Å². The standard InChI is InChI=1S/C31H29ClFN7O4/c1-37-14-16-38(17-15-37)24-6-2-4-22-21(24)12-13-39(28(22)29(41)35-20-10-8-19(9-11-20)31(43)44)30(42)26-18-34-36-40(26)25-7-3-5-23(32)27(25)33/h2-11,18,28H,12-17H2,1H3,(H,35,41)(H,43,44). The first-order chi connectivity index (χ1) is 21.2. The second-order valence-electron chi connectivity index (χ2n) is 10.8. The number of carbonyl (C=O) groups excluding carboxylic acids is 2. The third-order valence-corrected chi connectivity index (χ3v) is 8.37. The maximum absolute atomic E-state index is 15.0. The van der Waals surface area contributed by atoms with Crippen molar-refractivity contribution in [1.29, 1.82) is 0 Å². The summed E-state index contributed by atoms with van der Waals surface area (Å²) in [6.45, 7) is 3.68. The first kappa shape index (κ1) is 29.3. The van der Waals surface area contributed by atoms with Gasteiger partial charge in [-0.05, 0) is 67.1 Å². The van der Waals surface area contributed by atoms with E-state index >= 15 is 0 Å². The van der Waals surface area contributed by atoms with Crippen LogP contribution in [-0.4, -0.2) is 87.5 Å².